The molecule has 1 aromatic carbocycles. The van der Waals surface area contributed by atoms with E-state index in [1.807, 2.05) is 34.1 Å². The van der Waals surface area contributed by atoms with Crippen LogP contribution in [0.25, 0.3) is 0 Å². The molecule has 2 fully saturated rings. The number of hydrogen-bond acceptors (Lipinski definition) is 5. The summed E-state index contributed by atoms with van der Waals surface area (Å²) < 4.78 is 11.0. The molecule has 0 saturated carbocycles. The second kappa shape index (κ2) is 10.4. The fourth-order valence-corrected chi connectivity index (χ4v) is 3.42. The average Bonchev–Trinajstić information content (AvgIpc) is 2.75. The largest absolute Gasteiger partial charge is 0.494 e. The van der Waals surface area contributed by atoms with Crippen molar-refractivity contribution in [3.05, 3.63) is 29.8 Å². The molecule has 2 aliphatic rings. The quantitative estimate of drug-likeness (QED) is 0.661. The topological polar surface area (TPSA) is 62.3 Å². The summed E-state index contributed by atoms with van der Waals surface area (Å²) in [5.41, 5.74) is 0.663. The Morgan fingerprint density at radius 2 is 1.61 bits per heavy atom. The van der Waals surface area contributed by atoms with Crippen LogP contribution in [0.5, 0.6) is 5.75 Å². The van der Waals surface area contributed by atoms with Gasteiger partial charge in [-0.15, -0.1) is 0 Å². The lowest BCUT2D eigenvalue weighted by Gasteiger charge is -2.36. The Kier molecular flexibility index (Phi) is 7.68. The first-order chi connectivity index (χ1) is 13.7. The van der Waals surface area contributed by atoms with Crippen LogP contribution >= 0.6 is 0 Å². The summed E-state index contributed by atoms with van der Waals surface area (Å²) in [4.78, 5) is 31.0. The highest BCUT2D eigenvalue weighted by atomic mass is 16.5. The van der Waals surface area contributed by atoms with Gasteiger partial charge >= 0.3 is 0 Å². The summed E-state index contributed by atoms with van der Waals surface area (Å²) in [6, 6.07) is 7.34. The Morgan fingerprint density at radius 3 is 2.25 bits per heavy atom. The second-order valence-corrected chi connectivity index (χ2v) is 7.29. The molecule has 0 atom stereocenters. The SMILES string of the molecule is CCCCOc1ccc(C(=O)N2CCN(C(=O)CN3CCOCC3)CC2)cc1. The first kappa shape index (κ1) is 20.6. The summed E-state index contributed by atoms with van der Waals surface area (Å²) in [5, 5.41) is 0. The molecule has 2 heterocycles. The number of unbranched alkanes of at least 4 members (excludes halogenated alkanes) is 1. The van der Waals surface area contributed by atoms with Gasteiger partial charge in [-0.3, -0.25) is 14.5 Å². The zero-order valence-corrected chi connectivity index (χ0v) is 16.8. The number of ether oxygens (including phenoxy) is 2. The summed E-state index contributed by atoms with van der Waals surface area (Å²) >= 11 is 0. The Bertz CT molecular complexity index is 636. The third kappa shape index (κ3) is 5.69. The maximum atomic E-state index is 12.7. The second-order valence-electron chi connectivity index (χ2n) is 7.29. The highest BCUT2D eigenvalue weighted by molar-refractivity contribution is 5.94. The van der Waals surface area contributed by atoms with E-state index in [2.05, 4.69) is 11.8 Å². The van der Waals surface area contributed by atoms with Crippen LogP contribution in [0.15, 0.2) is 24.3 Å². The van der Waals surface area contributed by atoms with Crippen LogP contribution in [0.4, 0.5) is 0 Å². The van der Waals surface area contributed by atoms with E-state index >= 15 is 0 Å². The van der Waals surface area contributed by atoms with Crippen LogP contribution in [-0.2, 0) is 9.53 Å². The highest BCUT2D eigenvalue weighted by Gasteiger charge is 2.26. The number of piperazine rings is 1. The van der Waals surface area contributed by atoms with Gasteiger partial charge in [-0.25, -0.2) is 0 Å². The van der Waals surface area contributed by atoms with Crippen molar-refractivity contribution in [2.24, 2.45) is 0 Å². The molecule has 0 aliphatic carbocycles. The zero-order chi connectivity index (χ0) is 19.8. The molecule has 0 spiro atoms. The van der Waals surface area contributed by atoms with Crippen LogP contribution in [0.2, 0.25) is 0 Å². The van der Waals surface area contributed by atoms with Crippen LogP contribution < -0.4 is 4.74 Å². The Morgan fingerprint density at radius 1 is 0.964 bits per heavy atom. The molecule has 3 rings (SSSR count). The molecule has 1 aromatic rings. The van der Waals surface area contributed by atoms with Gasteiger partial charge in [-0.2, -0.15) is 0 Å². The van der Waals surface area contributed by atoms with E-state index in [9.17, 15) is 9.59 Å². The monoisotopic (exact) mass is 389 g/mol. The van der Waals surface area contributed by atoms with Crippen LogP contribution in [0.3, 0.4) is 0 Å². The van der Waals surface area contributed by atoms with Crippen molar-refractivity contribution in [3.8, 4) is 5.75 Å². The Labute approximate surface area is 167 Å². The van der Waals surface area contributed by atoms with Crippen molar-refractivity contribution >= 4 is 11.8 Å². The molecule has 0 radical (unpaired) electrons. The molecule has 0 unspecified atom stereocenters. The van der Waals surface area contributed by atoms with Gasteiger partial charge < -0.3 is 19.3 Å². The predicted octanol–water partition coefficient (Wildman–Crippen LogP) is 1.48. The van der Waals surface area contributed by atoms with E-state index < -0.39 is 0 Å². The zero-order valence-electron chi connectivity index (χ0n) is 16.8. The fraction of sp³-hybridized carbons (Fsp3) is 0.619. The van der Waals surface area contributed by atoms with E-state index in [0.29, 0.717) is 58.1 Å². The summed E-state index contributed by atoms with van der Waals surface area (Å²) in [6.45, 7) is 8.59. The molecule has 0 N–H and O–H groups in total. The third-order valence-corrected chi connectivity index (χ3v) is 5.25. The van der Waals surface area contributed by atoms with E-state index in [1.54, 1.807) is 0 Å². The lowest BCUT2D eigenvalue weighted by atomic mass is 10.1. The minimum atomic E-state index is 0.0142. The molecule has 2 aliphatic heterocycles. The van der Waals surface area contributed by atoms with E-state index in [1.165, 1.54) is 0 Å². The lowest BCUT2D eigenvalue weighted by molar-refractivity contribution is -0.134. The van der Waals surface area contributed by atoms with E-state index in [0.717, 1.165) is 31.7 Å². The van der Waals surface area contributed by atoms with Crippen LogP contribution in [0, 0.1) is 0 Å². The standard InChI is InChI=1S/C21H31N3O4/c1-2-3-14-28-19-6-4-18(5-7-19)21(26)24-10-8-23(9-11-24)20(25)17-22-12-15-27-16-13-22/h4-7H,2-3,8-17H2,1H3. The predicted molar refractivity (Wildman–Crippen MR) is 107 cm³/mol. The normalized spacial score (nSPS) is 18.2. The minimum absolute atomic E-state index is 0.0142. The van der Waals surface area contributed by atoms with Crippen molar-refractivity contribution in [1.82, 2.24) is 14.7 Å². The Hall–Kier alpha value is -2.12. The van der Waals surface area contributed by atoms with Crippen molar-refractivity contribution in [1.29, 1.82) is 0 Å². The number of nitrogens with zero attached hydrogens (tertiary/aromatic N) is 3. The maximum absolute atomic E-state index is 12.7. The fourth-order valence-electron chi connectivity index (χ4n) is 3.42. The summed E-state index contributed by atoms with van der Waals surface area (Å²) in [6.07, 6.45) is 2.12. The number of hydrogen-bond donors (Lipinski definition) is 0. The van der Waals surface area contributed by atoms with Crippen molar-refractivity contribution in [3.63, 3.8) is 0 Å². The number of amides is 2. The first-order valence-electron chi connectivity index (χ1n) is 10.3. The number of benzene rings is 1. The van der Waals surface area contributed by atoms with Gasteiger partial charge in [-0.1, -0.05) is 13.3 Å². The highest BCUT2D eigenvalue weighted by Crippen LogP contribution is 2.15. The van der Waals surface area contributed by atoms with E-state index in [-0.39, 0.29) is 11.8 Å². The summed E-state index contributed by atoms with van der Waals surface area (Å²) in [7, 11) is 0. The molecular formula is C21H31N3O4. The number of carbonyl (C=O) groups excluding carboxylic acids is 2. The smallest absolute Gasteiger partial charge is 0.253 e. The molecule has 28 heavy (non-hydrogen) atoms. The molecule has 0 bridgehead atoms. The summed E-state index contributed by atoms with van der Waals surface area (Å²) in [5.74, 6) is 0.950. The number of morpholine rings is 1. The molecular weight excluding hydrogens is 358 g/mol. The van der Waals surface area contributed by atoms with Gasteiger partial charge in [0.05, 0.1) is 26.4 Å². The van der Waals surface area contributed by atoms with E-state index in [4.69, 9.17) is 9.47 Å². The number of rotatable bonds is 7. The maximum Gasteiger partial charge on any atom is 0.253 e. The van der Waals surface area contributed by atoms with Gasteiger partial charge in [0.1, 0.15) is 5.75 Å². The third-order valence-electron chi connectivity index (χ3n) is 5.25. The Balaban J connectivity index is 1.44. The van der Waals surface area contributed by atoms with Crippen molar-refractivity contribution in [2.75, 3.05) is 65.6 Å². The minimum Gasteiger partial charge on any atom is -0.494 e. The molecule has 0 aromatic heterocycles. The first-order valence-corrected chi connectivity index (χ1v) is 10.3. The van der Waals surface area contributed by atoms with Gasteiger partial charge in [-0.05, 0) is 30.7 Å². The van der Waals surface area contributed by atoms with Gasteiger partial charge in [0.2, 0.25) is 5.91 Å². The molecule has 7 heteroatoms. The van der Waals surface area contributed by atoms with Crippen molar-refractivity contribution in [2.45, 2.75) is 19.8 Å². The van der Waals surface area contributed by atoms with Gasteiger partial charge in [0.15, 0.2) is 0 Å². The number of carbonyl (C=O) groups is 2. The molecule has 2 amide bonds. The molecule has 154 valence electrons. The van der Waals surface area contributed by atoms with Crippen LogP contribution in [0.1, 0.15) is 30.1 Å². The molecule has 2 saturated heterocycles. The molecule has 7 nitrogen and oxygen atoms in total. The van der Waals surface area contributed by atoms with Gasteiger partial charge in [0, 0.05) is 44.8 Å². The average molecular weight is 389 g/mol. The van der Waals surface area contributed by atoms with Crippen molar-refractivity contribution < 1.29 is 19.1 Å². The van der Waals surface area contributed by atoms with Crippen LogP contribution in [-0.4, -0.2) is 92.1 Å². The van der Waals surface area contributed by atoms with Gasteiger partial charge in [0.25, 0.3) is 5.91 Å². The lowest BCUT2D eigenvalue weighted by Crippen LogP contribution is -2.53.